The summed E-state index contributed by atoms with van der Waals surface area (Å²) in [6.45, 7) is 3.55. The van der Waals surface area contributed by atoms with Crippen LogP contribution in [-0.2, 0) is 0 Å². The lowest BCUT2D eigenvalue weighted by Gasteiger charge is -2.14. The topological polar surface area (TPSA) is 96.2 Å². The van der Waals surface area contributed by atoms with Crippen LogP contribution < -0.4 is 15.5 Å². The Kier molecular flexibility index (Phi) is 4.83. The summed E-state index contributed by atoms with van der Waals surface area (Å²) in [5.41, 5.74) is 1.95. The average molecular weight is 352 g/mol. The highest BCUT2D eigenvalue weighted by molar-refractivity contribution is 6.04. The molecule has 1 aromatic carbocycles. The van der Waals surface area contributed by atoms with Crippen LogP contribution in [0.5, 0.6) is 0 Å². The number of nitrogens with one attached hydrogen (secondary N) is 2. The maximum atomic E-state index is 12.2. The number of amides is 1. The van der Waals surface area contributed by atoms with Crippen molar-refractivity contribution < 1.29 is 9.32 Å². The molecule has 3 aromatic rings. The molecule has 8 heteroatoms. The predicted molar refractivity (Wildman–Crippen MR) is 100 cm³/mol. The summed E-state index contributed by atoms with van der Waals surface area (Å²) in [4.78, 5) is 22.8. The molecular weight excluding hydrogens is 332 g/mol. The minimum atomic E-state index is -0.258. The van der Waals surface area contributed by atoms with E-state index >= 15 is 0 Å². The first-order chi connectivity index (χ1) is 12.4. The summed E-state index contributed by atoms with van der Waals surface area (Å²) >= 11 is 0. The maximum Gasteiger partial charge on any atom is 0.260 e. The maximum absolute atomic E-state index is 12.2. The Balaban J connectivity index is 1.70. The van der Waals surface area contributed by atoms with E-state index in [-0.39, 0.29) is 5.91 Å². The highest BCUT2D eigenvalue weighted by Gasteiger charge is 2.13. The number of rotatable bonds is 5. The van der Waals surface area contributed by atoms with Crippen molar-refractivity contribution >= 4 is 28.9 Å². The molecule has 0 spiro atoms. The molecule has 0 saturated heterocycles. The fraction of sp³-hybridized carbons (Fsp3) is 0.222. The van der Waals surface area contributed by atoms with E-state index < -0.39 is 0 Å². The number of aryl methyl sites for hydroxylation is 2. The molecule has 1 amide bonds. The summed E-state index contributed by atoms with van der Waals surface area (Å²) in [7, 11) is 3.86. The first-order valence-corrected chi connectivity index (χ1v) is 8.05. The van der Waals surface area contributed by atoms with Crippen molar-refractivity contribution in [3.63, 3.8) is 0 Å². The van der Waals surface area contributed by atoms with Crippen molar-refractivity contribution in [2.45, 2.75) is 13.8 Å². The summed E-state index contributed by atoms with van der Waals surface area (Å²) < 4.78 is 4.91. The zero-order chi connectivity index (χ0) is 18.7. The first kappa shape index (κ1) is 17.4. The fourth-order valence-corrected chi connectivity index (χ4v) is 2.34. The molecule has 0 aliphatic heterocycles. The van der Waals surface area contributed by atoms with E-state index in [1.165, 1.54) is 6.20 Å². The lowest BCUT2D eigenvalue weighted by molar-refractivity contribution is 0.102. The predicted octanol–water partition coefficient (Wildman–Crippen LogP) is 3.14. The van der Waals surface area contributed by atoms with Gasteiger partial charge in [0.15, 0.2) is 0 Å². The van der Waals surface area contributed by atoms with Crippen LogP contribution in [-0.4, -0.2) is 35.1 Å². The molecule has 0 fully saturated rings. The van der Waals surface area contributed by atoms with Gasteiger partial charge in [0.1, 0.15) is 28.8 Å². The third kappa shape index (κ3) is 3.97. The number of nitrogens with zero attached hydrogens (tertiary/aromatic N) is 4. The minimum absolute atomic E-state index is 0.258. The van der Waals surface area contributed by atoms with Gasteiger partial charge in [-0.05, 0) is 38.1 Å². The molecule has 2 N–H and O–H groups in total. The fourth-order valence-electron chi connectivity index (χ4n) is 2.34. The molecule has 8 nitrogen and oxygen atoms in total. The summed E-state index contributed by atoms with van der Waals surface area (Å²) in [5, 5.41) is 9.66. The van der Waals surface area contributed by atoms with Gasteiger partial charge >= 0.3 is 0 Å². The molecule has 3 rings (SSSR count). The second kappa shape index (κ2) is 7.22. The Morgan fingerprint density at radius 2 is 1.77 bits per heavy atom. The Morgan fingerprint density at radius 1 is 1.08 bits per heavy atom. The van der Waals surface area contributed by atoms with Crippen molar-refractivity contribution in [3.8, 4) is 0 Å². The number of carbonyl (C=O) groups is 1. The van der Waals surface area contributed by atoms with E-state index in [2.05, 4.69) is 25.8 Å². The lowest BCUT2D eigenvalue weighted by Crippen LogP contribution is -2.12. The van der Waals surface area contributed by atoms with E-state index in [1.807, 2.05) is 56.3 Å². The van der Waals surface area contributed by atoms with Crippen molar-refractivity contribution in [1.82, 2.24) is 15.1 Å². The Labute approximate surface area is 151 Å². The van der Waals surface area contributed by atoms with Gasteiger partial charge in [0.05, 0.1) is 6.20 Å². The van der Waals surface area contributed by atoms with Crippen LogP contribution in [0.15, 0.2) is 41.1 Å². The van der Waals surface area contributed by atoms with Crippen LogP contribution in [0, 0.1) is 13.8 Å². The Bertz CT molecular complexity index is 918. The quantitative estimate of drug-likeness (QED) is 0.728. The Hall–Kier alpha value is -3.42. The largest absolute Gasteiger partial charge is 0.363 e. The third-order valence-corrected chi connectivity index (χ3v) is 3.69. The van der Waals surface area contributed by atoms with E-state index in [0.717, 1.165) is 11.5 Å². The molecule has 0 aliphatic carbocycles. The number of aromatic nitrogens is 3. The average Bonchev–Trinajstić information content (AvgIpc) is 3.02. The molecule has 0 unspecified atom stereocenters. The highest BCUT2D eigenvalue weighted by Crippen LogP contribution is 2.21. The number of carbonyl (C=O) groups excluding carboxylic acids is 1. The van der Waals surface area contributed by atoms with Gasteiger partial charge in [-0.25, -0.2) is 9.97 Å². The molecule has 0 bridgehead atoms. The van der Waals surface area contributed by atoms with Gasteiger partial charge in [-0.3, -0.25) is 4.79 Å². The van der Waals surface area contributed by atoms with E-state index in [1.54, 1.807) is 6.92 Å². The highest BCUT2D eigenvalue weighted by atomic mass is 16.5. The molecule has 2 aromatic heterocycles. The normalized spacial score (nSPS) is 10.5. The minimum Gasteiger partial charge on any atom is -0.363 e. The zero-order valence-corrected chi connectivity index (χ0v) is 15.1. The summed E-state index contributed by atoms with van der Waals surface area (Å²) in [5.74, 6) is 2.45. The van der Waals surface area contributed by atoms with Crippen molar-refractivity contribution in [2.75, 3.05) is 29.6 Å². The van der Waals surface area contributed by atoms with Crippen molar-refractivity contribution in [3.05, 3.63) is 53.7 Å². The van der Waals surface area contributed by atoms with E-state index in [4.69, 9.17) is 4.52 Å². The van der Waals surface area contributed by atoms with Crippen LogP contribution in [0.4, 0.5) is 23.0 Å². The molecule has 0 saturated carbocycles. The van der Waals surface area contributed by atoms with Crippen molar-refractivity contribution in [2.24, 2.45) is 0 Å². The monoisotopic (exact) mass is 352 g/mol. The van der Waals surface area contributed by atoms with Crippen LogP contribution >= 0.6 is 0 Å². The summed E-state index contributed by atoms with van der Waals surface area (Å²) in [6, 6.07) is 9.22. The molecule has 134 valence electrons. The number of hydrogen-bond acceptors (Lipinski definition) is 7. The zero-order valence-electron chi connectivity index (χ0n) is 15.1. The van der Waals surface area contributed by atoms with Crippen LogP contribution in [0.3, 0.4) is 0 Å². The molecule has 0 aliphatic rings. The Morgan fingerprint density at radius 3 is 2.38 bits per heavy atom. The first-order valence-electron chi connectivity index (χ1n) is 8.05. The SMILES string of the molecule is Cc1nc(Nc2ccc(NC(=O)c3cnoc3C)cc2)cc(N(C)C)n1. The van der Waals surface area contributed by atoms with Gasteiger partial charge in [-0.2, -0.15) is 0 Å². The molecule has 0 atom stereocenters. The van der Waals surface area contributed by atoms with E-state index in [0.29, 0.717) is 28.7 Å². The molecule has 26 heavy (non-hydrogen) atoms. The number of hydrogen-bond donors (Lipinski definition) is 2. The van der Waals surface area contributed by atoms with Crippen molar-refractivity contribution in [1.29, 1.82) is 0 Å². The van der Waals surface area contributed by atoms with Gasteiger partial charge in [-0.1, -0.05) is 5.16 Å². The second-order valence-corrected chi connectivity index (χ2v) is 6.01. The summed E-state index contributed by atoms with van der Waals surface area (Å²) in [6.07, 6.45) is 1.40. The van der Waals surface area contributed by atoms with Crippen LogP contribution in [0.2, 0.25) is 0 Å². The van der Waals surface area contributed by atoms with Gasteiger partial charge in [0.25, 0.3) is 5.91 Å². The van der Waals surface area contributed by atoms with Crippen LogP contribution in [0.25, 0.3) is 0 Å². The van der Waals surface area contributed by atoms with Gasteiger partial charge < -0.3 is 20.1 Å². The second-order valence-electron chi connectivity index (χ2n) is 6.01. The van der Waals surface area contributed by atoms with Gasteiger partial charge in [0.2, 0.25) is 0 Å². The standard InChI is InChI=1S/C18H20N6O2/c1-11-15(10-19-26-11)18(25)23-14-7-5-13(6-8-14)22-16-9-17(24(3)4)21-12(2)20-16/h5-10H,1-4H3,(H,23,25)(H,20,21,22). The van der Waals surface area contributed by atoms with Gasteiger partial charge in [-0.15, -0.1) is 0 Å². The third-order valence-electron chi connectivity index (χ3n) is 3.69. The van der Waals surface area contributed by atoms with E-state index in [9.17, 15) is 4.79 Å². The molecular formula is C18H20N6O2. The molecule has 0 radical (unpaired) electrons. The molecule has 2 heterocycles. The number of benzene rings is 1. The van der Waals surface area contributed by atoms with Crippen LogP contribution in [0.1, 0.15) is 21.9 Å². The van der Waals surface area contributed by atoms with Gasteiger partial charge in [0, 0.05) is 31.5 Å². The number of anilines is 4. The smallest absolute Gasteiger partial charge is 0.260 e. The lowest BCUT2D eigenvalue weighted by atomic mass is 10.2.